The second kappa shape index (κ2) is 7.33. The zero-order valence-corrected chi connectivity index (χ0v) is 22.7. The summed E-state index contributed by atoms with van der Waals surface area (Å²) >= 11 is 0. The molecule has 4 nitrogen and oxygen atoms in total. The van der Waals surface area contributed by atoms with Gasteiger partial charge in [-0.15, -0.1) is 0 Å². The van der Waals surface area contributed by atoms with Crippen molar-refractivity contribution in [2.75, 3.05) is 6.61 Å². The Balaban J connectivity index is 1.58. The Bertz CT molecular complexity index is 881. The van der Waals surface area contributed by atoms with Gasteiger partial charge in [0.2, 0.25) is 0 Å². The summed E-state index contributed by atoms with van der Waals surface area (Å²) < 4.78 is 0. The van der Waals surface area contributed by atoms with Gasteiger partial charge >= 0.3 is 0 Å². The first-order chi connectivity index (χ1) is 15.6. The predicted octanol–water partition coefficient (Wildman–Crippen LogP) is 5.08. The number of aliphatic hydroxyl groups is 4. The molecule has 0 spiro atoms. The third-order valence-electron chi connectivity index (χ3n) is 13.5. The molecule has 0 aliphatic heterocycles. The third-order valence-corrected chi connectivity index (χ3v) is 13.5. The zero-order valence-electron chi connectivity index (χ0n) is 22.7. The van der Waals surface area contributed by atoms with Crippen LogP contribution in [0.4, 0.5) is 0 Å². The molecule has 0 heterocycles. The van der Waals surface area contributed by atoms with Crippen molar-refractivity contribution in [2.45, 2.75) is 118 Å². The van der Waals surface area contributed by atoms with E-state index in [9.17, 15) is 20.4 Å². The van der Waals surface area contributed by atoms with E-state index in [1.165, 1.54) is 0 Å². The van der Waals surface area contributed by atoms with Crippen molar-refractivity contribution < 1.29 is 20.4 Å². The predicted molar refractivity (Wildman–Crippen MR) is 135 cm³/mol. The fourth-order valence-electron chi connectivity index (χ4n) is 10.7. The largest absolute Gasteiger partial charge is 0.396 e. The lowest BCUT2D eigenvalue weighted by Crippen LogP contribution is -2.67. The number of hydrogen-bond acceptors (Lipinski definition) is 4. The van der Waals surface area contributed by atoms with Crippen LogP contribution in [0.1, 0.15) is 99.8 Å². The van der Waals surface area contributed by atoms with Gasteiger partial charge in [-0.05, 0) is 90.8 Å². The fourth-order valence-corrected chi connectivity index (χ4v) is 10.7. The van der Waals surface area contributed by atoms with Crippen LogP contribution >= 0.6 is 0 Å². The maximum atomic E-state index is 11.3. The highest BCUT2D eigenvalue weighted by Crippen LogP contribution is 2.75. The quantitative estimate of drug-likeness (QED) is 0.399. The molecule has 4 heteroatoms. The minimum atomic E-state index is -0.685. The van der Waals surface area contributed by atoms with Crippen LogP contribution in [0.3, 0.4) is 0 Å². The highest BCUT2D eigenvalue weighted by atomic mass is 16.3. The SMILES string of the molecule is CC1(C)C[C@@H]2C3=CC[C@@H]4[C@@]5(C)CC[C@H](O)[C@@](C)(CO)C5CC[C@@]4(C)[C@]3(C)CC[C@@]2(C)[C@@H](O)[C@@H]1O. The van der Waals surface area contributed by atoms with E-state index in [-0.39, 0.29) is 33.7 Å². The van der Waals surface area contributed by atoms with E-state index in [2.05, 4.69) is 54.5 Å². The van der Waals surface area contributed by atoms with Crippen molar-refractivity contribution in [1.29, 1.82) is 0 Å². The number of fused-ring (bicyclic) bond motifs is 7. The smallest absolute Gasteiger partial charge is 0.0863 e. The Kier molecular flexibility index (Phi) is 5.44. The lowest BCUT2D eigenvalue weighted by Gasteiger charge is -2.72. The molecule has 11 atom stereocenters. The molecule has 34 heavy (non-hydrogen) atoms. The standard InChI is InChI=1S/C30H50O4/c1-25(2)16-19-18-8-9-21-27(4)12-11-22(32)28(5,17-31)20(27)10-13-30(21,7)29(18,6)15-14-26(19,3)24(34)23(25)33/h8,19-24,31-34H,9-17H2,1-7H3/t19-,20?,21-,22+,23+,24+,26-,27+,28+,29-,30-/m1/s1. The molecule has 4 N–H and O–H groups in total. The van der Waals surface area contributed by atoms with E-state index < -0.39 is 23.7 Å². The first-order valence-corrected chi connectivity index (χ1v) is 14.0. The second-order valence-electron chi connectivity index (χ2n) is 15.2. The van der Waals surface area contributed by atoms with Gasteiger partial charge in [-0.2, -0.15) is 0 Å². The summed E-state index contributed by atoms with van der Waals surface area (Å²) in [4.78, 5) is 0. The molecule has 0 amide bonds. The summed E-state index contributed by atoms with van der Waals surface area (Å²) in [5.41, 5.74) is 0.920. The highest BCUT2D eigenvalue weighted by molar-refractivity contribution is 5.34. The molecule has 1 unspecified atom stereocenters. The van der Waals surface area contributed by atoms with E-state index in [0.29, 0.717) is 17.8 Å². The van der Waals surface area contributed by atoms with Gasteiger partial charge in [-0.1, -0.05) is 60.1 Å². The van der Waals surface area contributed by atoms with E-state index in [4.69, 9.17) is 0 Å². The topological polar surface area (TPSA) is 80.9 Å². The number of aliphatic hydroxyl groups excluding tert-OH is 4. The van der Waals surface area contributed by atoms with Crippen molar-refractivity contribution >= 4 is 0 Å². The average Bonchev–Trinajstić information content (AvgIpc) is 2.77. The van der Waals surface area contributed by atoms with Crippen LogP contribution in [0.2, 0.25) is 0 Å². The lowest BCUT2D eigenvalue weighted by atomic mass is 9.33. The molecule has 5 aliphatic carbocycles. The molecule has 0 aromatic carbocycles. The van der Waals surface area contributed by atoms with Crippen LogP contribution < -0.4 is 0 Å². The van der Waals surface area contributed by atoms with Gasteiger partial charge in [0.1, 0.15) is 0 Å². The summed E-state index contributed by atoms with van der Waals surface area (Å²) in [5, 5.41) is 43.6. The van der Waals surface area contributed by atoms with Crippen LogP contribution in [0.15, 0.2) is 11.6 Å². The number of rotatable bonds is 1. The van der Waals surface area contributed by atoms with Crippen molar-refractivity contribution in [2.24, 2.45) is 50.2 Å². The maximum absolute atomic E-state index is 11.3. The van der Waals surface area contributed by atoms with Gasteiger partial charge in [0.15, 0.2) is 0 Å². The van der Waals surface area contributed by atoms with Crippen molar-refractivity contribution in [3.05, 3.63) is 11.6 Å². The Morgan fingerprint density at radius 3 is 2.12 bits per heavy atom. The molecule has 4 fully saturated rings. The third kappa shape index (κ3) is 2.81. The number of hydrogen-bond donors (Lipinski definition) is 4. The molecule has 0 radical (unpaired) electrons. The molecular weight excluding hydrogens is 424 g/mol. The van der Waals surface area contributed by atoms with Crippen molar-refractivity contribution in [1.82, 2.24) is 0 Å². The minimum Gasteiger partial charge on any atom is -0.396 e. The van der Waals surface area contributed by atoms with E-state index >= 15 is 0 Å². The lowest BCUT2D eigenvalue weighted by molar-refractivity contribution is -0.225. The molecule has 194 valence electrons. The van der Waals surface area contributed by atoms with Crippen LogP contribution in [-0.4, -0.2) is 45.3 Å². The molecule has 0 aromatic heterocycles. The summed E-state index contributed by atoms with van der Waals surface area (Å²) in [6.07, 6.45) is 8.79. The van der Waals surface area contributed by atoms with Gasteiger partial charge < -0.3 is 20.4 Å². The Hall–Kier alpha value is -0.420. The van der Waals surface area contributed by atoms with Crippen molar-refractivity contribution in [3.8, 4) is 0 Å². The van der Waals surface area contributed by atoms with Gasteiger partial charge in [0, 0.05) is 10.8 Å². The summed E-state index contributed by atoms with van der Waals surface area (Å²) in [7, 11) is 0. The monoisotopic (exact) mass is 474 g/mol. The van der Waals surface area contributed by atoms with Crippen LogP contribution in [0, 0.1) is 50.2 Å². The first-order valence-electron chi connectivity index (χ1n) is 14.0. The minimum absolute atomic E-state index is 0.0614. The maximum Gasteiger partial charge on any atom is 0.0863 e. The van der Waals surface area contributed by atoms with Gasteiger partial charge in [-0.3, -0.25) is 0 Å². The summed E-state index contributed by atoms with van der Waals surface area (Å²) in [5.74, 6) is 1.17. The molecule has 0 saturated heterocycles. The molecule has 0 aromatic rings. The van der Waals surface area contributed by atoms with Gasteiger partial charge in [0.25, 0.3) is 0 Å². The van der Waals surface area contributed by atoms with Crippen LogP contribution in [-0.2, 0) is 0 Å². The van der Waals surface area contributed by atoms with Crippen LogP contribution in [0.5, 0.6) is 0 Å². The number of allylic oxidation sites excluding steroid dienone is 2. The molecule has 0 bridgehead atoms. The van der Waals surface area contributed by atoms with Gasteiger partial charge in [-0.25, -0.2) is 0 Å². The Morgan fingerprint density at radius 1 is 0.794 bits per heavy atom. The average molecular weight is 475 g/mol. The molecule has 4 saturated carbocycles. The molecule has 5 aliphatic rings. The molecule has 5 rings (SSSR count). The Morgan fingerprint density at radius 2 is 1.47 bits per heavy atom. The van der Waals surface area contributed by atoms with E-state index in [1.807, 2.05) is 0 Å². The first kappa shape index (κ1) is 25.2. The summed E-state index contributed by atoms with van der Waals surface area (Å²) in [6.45, 7) is 16.2. The normalized spacial score (nSPS) is 58.6. The second-order valence-corrected chi connectivity index (χ2v) is 15.2. The highest BCUT2D eigenvalue weighted by Gasteiger charge is 2.69. The van der Waals surface area contributed by atoms with Crippen molar-refractivity contribution in [3.63, 3.8) is 0 Å². The van der Waals surface area contributed by atoms with E-state index in [1.54, 1.807) is 5.57 Å². The molecular formula is C30H50O4. The summed E-state index contributed by atoms with van der Waals surface area (Å²) in [6, 6.07) is 0. The fraction of sp³-hybridized carbons (Fsp3) is 0.933. The Labute approximate surface area is 207 Å². The zero-order chi connectivity index (χ0) is 25.1. The van der Waals surface area contributed by atoms with E-state index in [0.717, 1.165) is 51.4 Å². The van der Waals surface area contributed by atoms with Gasteiger partial charge in [0.05, 0.1) is 24.9 Å². The van der Waals surface area contributed by atoms with Crippen LogP contribution in [0.25, 0.3) is 0 Å².